The number of carbonyl (C=O) groups excluding carboxylic acids is 1. The Morgan fingerprint density at radius 2 is 1.94 bits per heavy atom. The molecule has 6 heteroatoms. The number of carbonyl (C=O) groups is 1. The van der Waals surface area contributed by atoms with E-state index in [9.17, 15) is 18.0 Å². The van der Waals surface area contributed by atoms with Gasteiger partial charge in [0.1, 0.15) is 0 Å². The normalized spacial score (nSPS) is 11.6. The molecule has 0 atom stereocenters. The lowest BCUT2D eigenvalue weighted by Crippen LogP contribution is -2.12. The number of thiazole rings is 1. The van der Waals surface area contributed by atoms with Crippen molar-refractivity contribution in [3.05, 3.63) is 51.5 Å². The Kier molecular flexibility index (Phi) is 3.21. The van der Waals surface area contributed by atoms with Gasteiger partial charge in [0.2, 0.25) is 5.78 Å². The van der Waals surface area contributed by atoms with Gasteiger partial charge in [-0.3, -0.25) is 4.79 Å². The molecule has 0 aliphatic carbocycles. The average molecular weight is 271 g/mol. The van der Waals surface area contributed by atoms with Gasteiger partial charge in [0.25, 0.3) is 0 Å². The maximum absolute atomic E-state index is 12.8. The van der Waals surface area contributed by atoms with Crippen LogP contribution in [0.4, 0.5) is 13.2 Å². The molecule has 0 amide bonds. The van der Waals surface area contributed by atoms with E-state index in [1.165, 1.54) is 24.4 Å². The summed E-state index contributed by atoms with van der Waals surface area (Å²) in [6, 6.07) is 4.76. The fraction of sp³-hybridized carbons (Fsp3) is 0.167. The number of ketones is 1. The van der Waals surface area contributed by atoms with E-state index in [0.717, 1.165) is 17.4 Å². The minimum Gasteiger partial charge on any atom is -0.288 e. The van der Waals surface area contributed by atoms with Crippen LogP contribution >= 0.6 is 11.3 Å². The Hall–Kier alpha value is -1.69. The molecule has 0 aliphatic heterocycles. The van der Waals surface area contributed by atoms with Crippen LogP contribution in [-0.4, -0.2) is 10.8 Å². The van der Waals surface area contributed by atoms with Crippen LogP contribution in [0.3, 0.4) is 0 Å². The number of benzene rings is 1. The van der Waals surface area contributed by atoms with Gasteiger partial charge in [-0.2, -0.15) is 13.2 Å². The third-order valence-corrected chi connectivity index (χ3v) is 3.23. The summed E-state index contributed by atoms with van der Waals surface area (Å²) >= 11 is 1.08. The summed E-state index contributed by atoms with van der Waals surface area (Å²) in [7, 11) is 0. The lowest BCUT2D eigenvalue weighted by atomic mass is 10.0. The van der Waals surface area contributed by atoms with Crippen LogP contribution < -0.4 is 0 Å². The fourth-order valence-electron chi connectivity index (χ4n) is 1.53. The number of aryl methyl sites for hydroxylation is 1. The zero-order valence-corrected chi connectivity index (χ0v) is 10.1. The monoisotopic (exact) mass is 271 g/mol. The van der Waals surface area contributed by atoms with E-state index in [4.69, 9.17) is 0 Å². The number of aromatic nitrogens is 1. The van der Waals surface area contributed by atoms with Crippen LogP contribution in [0.2, 0.25) is 0 Å². The second-order valence-electron chi connectivity index (χ2n) is 3.62. The van der Waals surface area contributed by atoms with Gasteiger partial charge in [-0.1, -0.05) is 18.2 Å². The predicted molar refractivity (Wildman–Crippen MR) is 61.7 cm³/mol. The molecule has 0 unspecified atom stereocenters. The molecule has 1 heterocycles. The molecule has 0 fully saturated rings. The zero-order valence-electron chi connectivity index (χ0n) is 9.28. The van der Waals surface area contributed by atoms with Crippen molar-refractivity contribution in [2.75, 3.05) is 0 Å². The molecule has 0 saturated carbocycles. The van der Waals surface area contributed by atoms with Gasteiger partial charge < -0.3 is 0 Å². The SMILES string of the molecule is Cc1ncc(C(=O)c2ccccc2C(F)(F)F)s1. The average Bonchev–Trinajstić information content (AvgIpc) is 2.74. The molecule has 2 rings (SSSR count). The van der Waals surface area contributed by atoms with Gasteiger partial charge in [-0.05, 0) is 13.0 Å². The molecule has 0 radical (unpaired) electrons. The fourth-order valence-corrected chi connectivity index (χ4v) is 2.26. The van der Waals surface area contributed by atoms with Gasteiger partial charge in [0, 0.05) is 11.8 Å². The van der Waals surface area contributed by atoms with Crippen LogP contribution in [-0.2, 0) is 6.18 Å². The van der Waals surface area contributed by atoms with E-state index in [2.05, 4.69) is 4.98 Å². The molecule has 2 aromatic rings. The van der Waals surface area contributed by atoms with Crippen molar-refractivity contribution in [1.82, 2.24) is 4.98 Å². The van der Waals surface area contributed by atoms with E-state index in [0.29, 0.717) is 5.01 Å². The van der Waals surface area contributed by atoms with Gasteiger partial charge in [0.15, 0.2) is 0 Å². The Morgan fingerprint density at radius 1 is 1.28 bits per heavy atom. The maximum atomic E-state index is 12.8. The summed E-state index contributed by atoms with van der Waals surface area (Å²) in [5.41, 5.74) is -1.25. The Morgan fingerprint density at radius 3 is 2.50 bits per heavy atom. The number of alkyl halides is 3. The van der Waals surface area contributed by atoms with Crippen molar-refractivity contribution in [3.8, 4) is 0 Å². The third-order valence-electron chi connectivity index (χ3n) is 2.32. The second-order valence-corrected chi connectivity index (χ2v) is 4.85. The Balaban J connectivity index is 2.49. The summed E-state index contributed by atoms with van der Waals surface area (Å²) in [4.78, 5) is 16.1. The summed E-state index contributed by atoms with van der Waals surface area (Å²) < 4.78 is 38.3. The lowest BCUT2D eigenvalue weighted by molar-refractivity contribution is -0.137. The molecule has 18 heavy (non-hydrogen) atoms. The lowest BCUT2D eigenvalue weighted by Gasteiger charge is -2.10. The van der Waals surface area contributed by atoms with E-state index >= 15 is 0 Å². The molecule has 94 valence electrons. The van der Waals surface area contributed by atoms with E-state index in [1.54, 1.807) is 6.92 Å². The minimum absolute atomic E-state index is 0.212. The maximum Gasteiger partial charge on any atom is 0.417 e. The highest BCUT2D eigenvalue weighted by Crippen LogP contribution is 2.33. The highest BCUT2D eigenvalue weighted by Gasteiger charge is 2.35. The Labute approximate surface area is 105 Å². The highest BCUT2D eigenvalue weighted by atomic mass is 32.1. The number of hydrogen-bond donors (Lipinski definition) is 0. The predicted octanol–water partition coefficient (Wildman–Crippen LogP) is 3.70. The van der Waals surface area contributed by atoms with Crippen LogP contribution in [0, 0.1) is 6.92 Å². The summed E-state index contributed by atoms with van der Waals surface area (Å²) in [6.07, 6.45) is -3.23. The molecule has 0 bridgehead atoms. The topological polar surface area (TPSA) is 30.0 Å². The molecule has 2 nitrogen and oxygen atoms in total. The first-order valence-corrected chi connectivity index (χ1v) is 5.84. The first-order valence-electron chi connectivity index (χ1n) is 5.03. The molecule has 0 N–H and O–H groups in total. The van der Waals surface area contributed by atoms with Crippen molar-refractivity contribution in [2.24, 2.45) is 0 Å². The van der Waals surface area contributed by atoms with Crippen LogP contribution in [0.5, 0.6) is 0 Å². The van der Waals surface area contributed by atoms with Crippen molar-refractivity contribution in [2.45, 2.75) is 13.1 Å². The van der Waals surface area contributed by atoms with Crippen LogP contribution in [0.1, 0.15) is 25.8 Å². The summed E-state index contributed by atoms with van der Waals surface area (Å²) in [5.74, 6) is -0.645. The van der Waals surface area contributed by atoms with Gasteiger partial charge in [-0.25, -0.2) is 4.98 Å². The van der Waals surface area contributed by atoms with Gasteiger partial charge in [0.05, 0.1) is 15.4 Å². The summed E-state index contributed by atoms with van der Waals surface area (Å²) in [5, 5.41) is 0.642. The second kappa shape index (κ2) is 4.53. The molecule has 0 spiro atoms. The highest BCUT2D eigenvalue weighted by molar-refractivity contribution is 7.13. The summed E-state index contributed by atoms with van der Waals surface area (Å²) in [6.45, 7) is 1.69. The van der Waals surface area contributed by atoms with E-state index in [-0.39, 0.29) is 10.4 Å². The number of nitrogens with zero attached hydrogens (tertiary/aromatic N) is 1. The number of hydrogen-bond acceptors (Lipinski definition) is 3. The van der Waals surface area contributed by atoms with E-state index < -0.39 is 17.5 Å². The largest absolute Gasteiger partial charge is 0.417 e. The third kappa shape index (κ3) is 2.43. The standard InChI is InChI=1S/C12H8F3NOS/c1-7-16-6-10(18-7)11(17)8-4-2-3-5-9(8)12(13,14)15/h2-6H,1H3. The van der Waals surface area contributed by atoms with Crippen molar-refractivity contribution >= 4 is 17.1 Å². The van der Waals surface area contributed by atoms with Gasteiger partial charge >= 0.3 is 6.18 Å². The zero-order chi connectivity index (χ0) is 13.3. The molecule has 1 aromatic heterocycles. The molecular weight excluding hydrogens is 263 g/mol. The van der Waals surface area contributed by atoms with Crippen molar-refractivity contribution < 1.29 is 18.0 Å². The first kappa shape index (κ1) is 12.8. The van der Waals surface area contributed by atoms with Crippen molar-refractivity contribution in [3.63, 3.8) is 0 Å². The number of halogens is 3. The number of rotatable bonds is 2. The molecule has 0 aliphatic rings. The Bertz CT molecular complexity index is 589. The smallest absolute Gasteiger partial charge is 0.288 e. The van der Waals surface area contributed by atoms with Crippen LogP contribution in [0.15, 0.2) is 30.5 Å². The molecule has 1 aromatic carbocycles. The molecular formula is C12H8F3NOS. The first-order chi connectivity index (χ1) is 8.39. The minimum atomic E-state index is -4.54. The van der Waals surface area contributed by atoms with Crippen LogP contribution in [0.25, 0.3) is 0 Å². The van der Waals surface area contributed by atoms with E-state index in [1.807, 2.05) is 0 Å². The quantitative estimate of drug-likeness (QED) is 0.779. The molecule has 0 saturated heterocycles. The van der Waals surface area contributed by atoms with Crippen molar-refractivity contribution in [1.29, 1.82) is 0 Å². The van der Waals surface area contributed by atoms with Gasteiger partial charge in [-0.15, -0.1) is 11.3 Å².